The largest absolute Gasteiger partial charge is 0.393 e. The van der Waals surface area contributed by atoms with Gasteiger partial charge < -0.3 is 10.0 Å². The molecule has 0 aliphatic heterocycles. The monoisotopic (exact) mass is 129 g/mol. The first kappa shape index (κ1) is 8.50. The van der Waals surface area contributed by atoms with E-state index in [0.29, 0.717) is 0 Å². The smallest absolute Gasteiger partial charge is 0.0528 e. The summed E-state index contributed by atoms with van der Waals surface area (Å²) in [6, 6.07) is 0. The minimum absolute atomic E-state index is 0.201. The van der Waals surface area contributed by atoms with Crippen molar-refractivity contribution in [2.24, 2.45) is 0 Å². The van der Waals surface area contributed by atoms with Crippen LogP contribution in [0.15, 0.2) is 12.8 Å². The highest BCUT2D eigenvalue weighted by molar-refractivity contribution is 4.66. The molecule has 0 radical (unpaired) electrons. The van der Waals surface area contributed by atoms with Crippen LogP contribution in [0.1, 0.15) is 13.3 Å². The fraction of sp³-hybridized carbons (Fsp3) is 0.714. The number of hydrogen-bond acceptors (Lipinski definition) is 2. The molecule has 0 spiro atoms. The van der Waals surface area contributed by atoms with E-state index in [9.17, 15) is 0 Å². The summed E-state index contributed by atoms with van der Waals surface area (Å²) < 4.78 is 0. The Hall–Kier alpha value is -0.500. The lowest BCUT2D eigenvalue weighted by molar-refractivity contribution is 0.173. The van der Waals surface area contributed by atoms with Gasteiger partial charge >= 0.3 is 0 Å². The summed E-state index contributed by atoms with van der Waals surface area (Å²) >= 11 is 0. The maximum atomic E-state index is 8.84. The third kappa shape index (κ3) is 5.37. The Morgan fingerprint density at radius 1 is 1.78 bits per heavy atom. The predicted octanol–water partition coefficient (Wildman–Crippen LogP) is 0.833. The minimum Gasteiger partial charge on any atom is -0.393 e. The van der Waals surface area contributed by atoms with Crippen LogP contribution in [-0.2, 0) is 0 Å². The molecule has 0 aromatic heterocycles. The van der Waals surface area contributed by atoms with Crippen molar-refractivity contribution in [2.75, 3.05) is 13.6 Å². The normalized spacial score (nSPS) is 12.8. The molecular weight excluding hydrogens is 114 g/mol. The summed E-state index contributed by atoms with van der Waals surface area (Å²) in [5, 5.41) is 8.84. The van der Waals surface area contributed by atoms with Crippen LogP contribution in [0.5, 0.6) is 0 Å². The van der Waals surface area contributed by atoms with Crippen LogP contribution in [0, 0.1) is 0 Å². The lowest BCUT2D eigenvalue weighted by Crippen LogP contribution is -2.16. The number of nitrogens with zero attached hydrogens (tertiary/aromatic N) is 1. The summed E-state index contributed by atoms with van der Waals surface area (Å²) in [7, 11) is 1.94. The second-order valence-electron chi connectivity index (χ2n) is 2.30. The van der Waals surface area contributed by atoms with Crippen molar-refractivity contribution >= 4 is 0 Å². The van der Waals surface area contributed by atoms with Gasteiger partial charge in [0.1, 0.15) is 0 Å². The first-order chi connectivity index (χ1) is 4.16. The zero-order valence-corrected chi connectivity index (χ0v) is 6.17. The lowest BCUT2D eigenvalue weighted by Gasteiger charge is -2.13. The van der Waals surface area contributed by atoms with E-state index in [1.807, 2.05) is 11.9 Å². The molecule has 0 saturated carbocycles. The summed E-state index contributed by atoms with van der Waals surface area (Å²) in [4.78, 5) is 1.95. The molecule has 2 heteroatoms. The van der Waals surface area contributed by atoms with Gasteiger partial charge in [-0.15, -0.1) is 0 Å². The fourth-order valence-corrected chi connectivity index (χ4v) is 0.482. The van der Waals surface area contributed by atoms with E-state index in [1.54, 1.807) is 13.1 Å². The third-order valence-corrected chi connectivity index (χ3v) is 1.21. The Kier molecular flexibility index (Phi) is 4.14. The molecule has 0 heterocycles. The number of hydrogen-bond donors (Lipinski definition) is 1. The summed E-state index contributed by atoms with van der Waals surface area (Å²) in [6.07, 6.45) is 2.36. The van der Waals surface area contributed by atoms with Gasteiger partial charge in [0.2, 0.25) is 0 Å². The van der Waals surface area contributed by atoms with Crippen molar-refractivity contribution in [2.45, 2.75) is 19.4 Å². The molecule has 1 atom stereocenters. The molecule has 2 nitrogen and oxygen atoms in total. The fourth-order valence-electron chi connectivity index (χ4n) is 0.482. The van der Waals surface area contributed by atoms with Crippen LogP contribution in [0.25, 0.3) is 0 Å². The van der Waals surface area contributed by atoms with Crippen molar-refractivity contribution in [1.82, 2.24) is 4.90 Å². The molecule has 1 N–H and O–H groups in total. The van der Waals surface area contributed by atoms with Crippen molar-refractivity contribution in [1.29, 1.82) is 0 Å². The van der Waals surface area contributed by atoms with Crippen molar-refractivity contribution in [3.8, 4) is 0 Å². The molecule has 1 unspecified atom stereocenters. The minimum atomic E-state index is -0.201. The van der Waals surface area contributed by atoms with Crippen LogP contribution in [-0.4, -0.2) is 29.7 Å². The van der Waals surface area contributed by atoms with Gasteiger partial charge in [-0.2, -0.15) is 0 Å². The highest BCUT2D eigenvalue weighted by atomic mass is 16.3. The first-order valence-corrected chi connectivity index (χ1v) is 3.17. The van der Waals surface area contributed by atoms with Gasteiger partial charge in [0.25, 0.3) is 0 Å². The predicted molar refractivity (Wildman–Crippen MR) is 39.1 cm³/mol. The molecule has 0 bridgehead atoms. The molecule has 0 aliphatic rings. The lowest BCUT2D eigenvalue weighted by atomic mass is 10.3. The Bertz CT molecular complexity index is 81.0. The van der Waals surface area contributed by atoms with Gasteiger partial charge in [-0.05, 0) is 19.5 Å². The highest BCUT2D eigenvalue weighted by Gasteiger charge is 1.95. The van der Waals surface area contributed by atoms with Crippen LogP contribution >= 0.6 is 0 Å². The van der Waals surface area contributed by atoms with Crippen LogP contribution in [0.4, 0.5) is 0 Å². The number of aliphatic hydroxyl groups excluding tert-OH is 1. The third-order valence-electron chi connectivity index (χ3n) is 1.21. The van der Waals surface area contributed by atoms with Crippen LogP contribution in [0.2, 0.25) is 0 Å². The number of aliphatic hydroxyl groups is 1. The molecule has 0 saturated heterocycles. The van der Waals surface area contributed by atoms with E-state index in [2.05, 4.69) is 6.58 Å². The van der Waals surface area contributed by atoms with Crippen LogP contribution in [0.3, 0.4) is 0 Å². The zero-order valence-electron chi connectivity index (χ0n) is 6.17. The molecule has 0 aromatic carbocycles. The molecule has 0 fully saturated rings. The standard InChI is InChI=1S/C7H15NO/c1-4-8(3)6-5-7(2)9/h4,7,9H,1,5-6H2,2-3H3. The van der Waals surface area contributed by atoms with Gasteiger partial charge in [-0.25, -0.2) is 0 Å². The Balaban J connectivity index is 3.16. The molecule has 9 heavy (non-hydrogen) atoms. The van der Waals surface area contributed by atoms with Gasteiger partial charge in [0, 0.05) is 13.6 Å². The number of rotatable bonds is 4. The molecule has 0 aliphatic carbocycles. The SMILES string of the molecule is C=CN(C)CCC(C)O. The Labute approximate surface area is 56.8 Å². The average molecular weight is 129 g/mol. The second kappa shape index (κ2) is 4.39. The topological polar surface area (TPSA) is 23.5 Å². The maximum absolute atomic E-state index is 8.84. The molecule has 54 valence electrons. The Morgan fingerprint density at radius 2 is 2.33 bits per heavy atom. The van der Waals surface area contributed by atoms with Gasteiger partial charge in [0.05, 0.1) is 6.10 Å². The van der Waals surface area contributed by atoms with E-state index in [-0.39, 0.29) is 6.10 Å². The molecular formula is C7H15NO. The highest BCUT2D eigenvalue weighted by Crippen LogP contribution is 1.91. The summed E-state index contributed by atoms with van der Waals surface area (Å²) in [5.74, 6) is 0. The first-order valence-electron chi connectivity index (χ1n) is 3.17. The van der Waals surface area contributed by atoms with Crippen molar-refractivity contribution in [3.63, 3.8) is 0 Å². The molecule has 0 rings (SSSR count). The van der Waals surface area contributed by atoms with E-state index >= 15 is 0 Å². The average Bonchev–Trinajstić information content (AvgIpc) is 1.83. The van der Waals surface area contributed by atoms with Crippen molar-refractivity contribution < 1.29 is 5.11 Å². The van der Waals surface area contributed by atoms with E-state index < -0.39 is 0 Å². The quantitative estimate of drug-likeness (QED) is 0.608. The Morgan fingerprint density at radius 3 is 2.67 bits per heavy atom. The van der Waals surface area contributed by atoms with E-state index in [0.717, 1.165) is 13.0 Å². The van der Waals surface area contributed by atoms with Crippen molar-refractivity contribution in [3.05, 3.63) is 12.8 Å². The van der Waals surface area contributed by atoms with Gasteiger partial charge in [-0.3, -0.25) is 0 Å². The van der Waals surface area contributed by atoms with Gasteiger partial charge in [0.15, 0.2) is 0 Å². The summed E-state index contributed by atoms with van der Waals surface area (Å²) in [5.41, 5.74) is 0. The van der Waals surface area contributed by atoms with Gasteiger partial charge in [-0.1, -0.05) is 6.58 Å². The second-order valence-corrected chi connectivity index (χ2v) is 2.30. The molecule has 0 amide bonds. The summed E-state index contributed by atoms with van der Waals surface area (Å²) in [6.45, 7) is 6.25. The van der Waals surface area contributed by atoms with E-state index in [4.69, 9.17) is 5.11 Å². The van der Waals surface area contributed by atoms with E-state index in [1.165, 1.54) is 0 Å². The van der Waals surface area contributed by atoms with Crippen LogP contribution < -0.4 is 0 Å². The maximum Gasteiger partial charge on any atom is 0.0528 e. The zero-order chi connectivity index (χ0) is 7.28. The molecule has 0 aromatic rings.